The first kappa shape index (κ1) is 14.0. The Morgan fingerprint density at radius 2 is 2.12 bits per heavy atom. The van der Waals surface area contributed by atoms with Gasteiger partial charge >= 0.3 is 0 Å². The van der Waals surface area contributed by atoms with Crippen LogP contribution >= 0.6 is 11.6 Å². The van der Waals surface area contributed by atoms with Gasteiger partial charge in [-0.1, -0.05) is 30.7 Å². The molecular weight excluding hydrogens is 236 g/mol. The number of anilines is 1. The van der Waals surface area contributed by atoms with Crippen molar-refractivity contribution < 1.29 is 4.79 Å². The summed E-state index contributed by atoms with van der Waals surface area (Å²) in [6.07, 6.45) is 2.15. The molecule has 0 saturated heterocycles. The lowest BCUT2D eigenvalue weighted by molar-refractivity contribution is -0.118. The van der Waals surface area contributed by atoms with Crippen LogP contribution in [0.25, 0.3) is 0 Å². The molecular formula is C13H19ClN2O. The number of halogens is 1. The van der Waals surface area contributed by atoms with E-state index in [1.54, 1.807) is 11.0 Å². The molecule has 1 aromatic rings. The van der Waals surface area contributed by atoms with Gasteiger partial charge in [-0.15, -0.1) is 0 Å². The molecule has 0 aliphatic heterocycles. The maximum Gasteiger partial charge on any atom is 0.227 e. The Kier molecular flexibility index (Phi) is 6.01. The van der Waals surface area contributed by atoms with Crippen molar-refractivity contribution in [2.75, 3.05) is 18.0 Å². The maximum atomic E-state index is 12.0. The molecule has 0 unspecified atom stereocenters. The number of benzene rings is 1. The molecule has 0 radical (unpaired) electrons. The van der Waals surface area contributed by atoms with E-state index in [2.05, 4.69) is 0 Å². The maximum absolute atomic E-state index is 12.0. The van der Waals surface area contributed by atoms with E-state index in [-0.39, 0.29) is 5.91 Å². The summed E-state index contributed by atoms with van der Waals surface area (Å²) in [5.41, 5.74) is 6.27. The van der Waals surface area contributed by atoms with Crippen LogP contribution in [0, 0.1) is 0 Å². The van der Waals surface area contributed by atoms with Crippen LogP contribution in [-0.4, -0.2) is 19.0 Å². The predicted octanol–water partition coefficient (Wildman–Crippen LogP) is 2.82. The highest BCUT2D eigenvalue weighted by Gasteiger charge is 2.16. The summed E-state index contributed by atoms with van der Waals surface area (Å²) in [7, 11) is 0. The Balaban J connectivity index is 2.89. The number of carbonyl (C=O) groups excluding carboxylic acids is 1. The molecule has 0 atom stereocenters. The van der Waals surface area contributed by atoms with E-state index in [4.69, 9.17) is 17.3 Å². The zero-order chi connectivity index (χ0) is 12.7. The van der Waals surface area contributed by atoms with E-state index in [0.717, 1.165) is 18.5 Å². The number of carbonyl (C=O) groups is 1. The molecule has 1 rings (SSSR count). The van der Waals surface area contributed by atoms with Crippen LogP contribution in [0.4, 0.5) is 5.69 Å². The molecule has 0 aliphatic carbocycles. The molecule has 2 N–H and O–H groups in total. The minimum atomic E-state index is 0.106. The van der Waals surface area contributed by atoms with Gasteiger partial charge in [-0.25, -0.2) is 0 Å². The molecule has 0 bridgehead atoms. The van der Waals surface area contributed by atoms with Crippen molar-refractivity contribution in [1.29, 1.82) is 0 Å². The fourth-order valence-corrected chi connectivity index (χ4v) is 1.89. The summed E-state index contributed by atoms with van der Waals surface area (Å²) < 4.78 is 0. The SMILES string of the molecule is CCCC(=O)N(CCCN)c1ccccc1Cl. The van der Waals surface area contributed by atoms with E-state index in [9.17, 15) is 4.79 Å². The Hall–Kier alpha value is -1.06. The number of para-hydroxylation sites is 1. The summed E-state index contributed by atoms with van der Waals surface area (Å²) in [5.74, 6) is 0.106. The van der Waals surface area contributed by atoms with Crippen LogP contribution in [0.1, 0.15) is 26.2 Å². The Morgan fingerprint density at radius 1 is 1.41 bits per heavy atom. The average molecular weight is 255 g/mol. The lowest BCUT2D eigenvalue weighted by atomic mass is 10.2. The summed E-state index contributed by atoms with van der Waals surface area (Å²) in [4.78, 5) is 13.8. The third-order valence-electron chi connectivity index (χ3n) is 2.49. The number of hydrogen-bond acceptors (Lipinski definition) is 2. The smallest absolute Gasteiger partial charge is 0.227 e. The molecule has 17 heavy (non-hydrogen) atoms. The minimum Gasteiger partial charge on any atom is -0.330 e. The quantitative estimate of drug-likeness (QED) is 0.849. The molecule has 1 amide bonds. The highest BCUT2D eigenvalue weighted by Crippen LogP contribution is 2.26. The van der Waals surface area contributed by atoms with Crippen molar-refractivity contribution in [3.8, 4) is 0 Å². The lowest BCUT2D eigenvalue weighted by Gasteiger charge is -2.23. The van der Waals surface area contributed by atoms with E-state index in [1.807, 2.05) is 25.1 Å². The molecule has 4 heteroatoms. The van der Waals surface area contributed by atoms with Gasteiger partial charge in [-0.05, 0) is 31.5 Å². The van der Waals surface area contributed by atoms with Gasteiger partial charge in [0.15, 0.2) is 0 Å². The third kappa shape index (κ3) is 4.02. The molecule has 3 nitrogen and oxygen atoms in total. The summed E-state index contributed by atoms with van der Waals surface area (Å²) in [6.45, 7) is 3.19. The number of amides is 1. The molecule has 0 aliphatic rings. The highest BCUT2D eigenvalue weighted by molar-refractivity contribution is 6.33. The molecule has 94 valence electrons. The van der Waals surface area contributed by atoms with Gasteiger partial charge in [0, 0.05) is 13.0 Å². The van der Waals surface area contributed by atoms with Gasteiger partial charge < -0.3 is 10.6 Å². The Bertz CT molecular complexity index is 368. The summed E-state index contributed by atoms with van der Waals surface area (Å²) >= 11 is 6.12. The number of hydrogen-bond donors (Lipinski definition) is 1. The molecule has 0 aromatic heterocycles. The van der Waals surface area contributed by atoms with Crippen LogP contribution < -0.4 is 10.6 Å². The van der Waals surface area contributed by atoms with E-state index >= 15 is 0 Å². The van der Waals surface area contributed by atoms with Gasteiger partial charge in [0.2, 0.25) is 5.91 Å². The van der Waals surface area contributed by atoms with Crippen LogP contribution in [0.5, 0.6) is 0 Å². The standard InChI is InChI=1S/C13H19ClN2O/c1-2-6-13(17)16(10-5-9-15)12-8-4-3-7-11(12)14/h3-4,7-8H,2,5-6,9-10,15H2,1H3. The van der Waals surface area contributed by atoms with Crippen molar-refractivity contribution in [1.82, 2.24) is 0 Å². The zero-order valence-electron chi connectivity index (χ0n) is 10.2. The first-order chi connectivity index (χ1) is 8.20. The van der Waals surface area contributed by atoms with Gasteiger partial charge in [0.25, 0.3) is 0 Å². The van der Waals surface area contributed by atoms with Gasteiger partial charge in [-0.3, -0.25) is 4.79 Å². The van der Waals surface area contributed by atoms with Crippen molar-refractivity contribution in [3.63, 3.8) is 0 Å². The molecule has 1 aromatic carbocycles. The van der Waals surface area contributed by atoms with Crippen molar-refractivity contribution in [2.45, 2.75) is 26.2 Å². The van der Waals surface area contributed by atoms with Gasteiger partial charge in [0.1, 0.15) is 0 Å². The predicted molar refractivity (Wildman–Crippen MR) is 72.4 cm³/mol. The van der Waals surface area contributed by atoms with E-state index < -0.39 is 0 Å². The highest BCUT2D eigenvalue weighted by atomic mass is 35.5. The van der Waals surface area contributed by atoms with Crippen molar-refractivity contribution >= 4 is 23.2 Å². The van der Waals surface area contributed by atoms with Crippen molar-refractivity contribution in [3.05, 3.63) is 29.3 Å². The Labute approximate surface area is 108 Å². The average Bonchev–Trinajstić information content (AvgIpc) is 2.32. The normalized spacial score (nSPS) is 10.3. The Morgan fingerprint density at radius 3 is 2.71 bits per heavy atom. The molecule has 0 spiro atoms. The second-order valence-corrected chi connectivity index (χ2v) is 4.30. The van der Waals surface area contributed by atoms with Gasteiger partial charge in [0.05, 0.1) is 10.7 Å². The first-order valence-electron chi connectivity index (χ1n) is 5.95. The minimum absolute atomic E-state index is 0.106. The largest absolute Gasteiger partial charge is 0.330 e. The second kappa shape index (κ2) is 7.30. The van der Waals surface area contributed by atoms with Crippen LogP contribution in [0.15, 0.2) is 24.3 Å². The van der Waals surface area contributed by atoms with Crippen LogP contribution in [0.2, 0.25) is 5.02 Å². The molecule has 0 saturated carbocycles. The van der Waals surface area contributed by atoms with E-state index in [0.29, 0.717) is 24.5 Å². The first-order valence-corrected chi connectivity index (χ1v) is 6.33. The molecule has 0 fully saturated rings. The monoisotopic (exact) mass is 254 g/mol. The van der Waals surface area contributed by atoms with E-state index in [1.165, 1.54) is 0 Å². The third-order valence-corrected chi connectivity index (χ3v) is 2.81. The molecule has 0 heterocycles. The topological polar surface area (TPSA) is 46.3 Å². The summed E-state index contributed by atoms with van der Waals surface area (Å²) in [6, 6.07) is 7.41. The number of nitrogens with two attached hydrogens (primary N) is 1. The number of nitrogens with zero attached hydrogens (tertiary/aromatic N) is 1. The zero-order valence-corrected chi connectivity index (χ0v) is 10.9. The second-order valence-electron chi connectivity index (χ2n) is 3.89. The summed E-state index contributed by atoms with van der Waals surface area (Å²) in [5, 5.41) is 0.606. The van der Waals surface area contributed by atoms with Gasteiger partial charge in [-0.2, -0.15) is 0 Å². The fraction of sp³-hybridized carbons (Fsp3) is 0.462. The van der Waals surface area contributed by atoms with Crippen LogP contribution in [-0.2, 0) is 4.79 Å². The fourth-order valence-electron chi connectivity index (χ4n) is 1.65. The van der Waals surface area contributed by atoms with Crippen molar-refractivity contribution in [2.24, 2.45) is 5.73 Å². The lowest BCUT2D eigenvalue weighted by Crippen LogP contribution is -2.32. The number of rotatable bonds is 6. The van der Waals surface area contributed by atoms with Crippen LogP contribution in [0.3, 0.4) is 0 Å².